The van der Waals surface area contributed by atoms with Gasteiger partial charge in [0, 0.05) is 13.2 Å². The van der Waals surface area contributed by atoms with Gasteiger partial charge in [-0.2, -0.15) is 0 Å². The van der Waals surface area contributed by atoms with Crippen LogP contribution in [-0.2, 0) is 9.53 Å². The topological polar surface area (TPSA) is 94.4 Å². The van der Waals surface area contributed by atoms with E-state index in [4.69, 9.17) is 15.1 Å². The summed E-state index contributed by atoms with van der Waals surface area (Å²) < 4.78 is 5.43. The maximum Gasteiger partial charge on any atom is 0.215 e. The van der Waals surface area contributed by atoms with Crippen LogP contribution in [0, 0.1) is 0 Å². The Morgan fingerprint density at radius 3 is 2.88 bits per heavy atom. The largest absolute Gasteiger partial charge is 0.394 e. The van der Waals surface area contributed by atoms with Gasteiger partial charge in [-0.1, -0.05) is 0 Å². The highest BCUT2D eigenvalue weighted by Crippen LogP contribution is 2.21. The van der Waals surface area contributed by atoms with E-state index >= 15 is 0 Å². The van der Waals surface area contributed by atoms with Crippen molar-refractivity contribution in [3.05, 3.63) is 12.3 Å². The number of ether oxygens (including phenoxy) is 1. The summed E-state index contributed by atoms with van der Waals surface area (Å²) in [6.07, 6.45) is 4.33. The monoisotopic (exact) mass is 243 g/mol. The Morgan fingerprint density at radius 1 is 1.65 bits per heavy atom. The van der Waals surface area contributed by atoms with Crippen LogP contribution in [0.2, 0.25) is 0 Å². The van der Waals surface area contributed by atoms with Crippen LogP contribution in [0.25, 0.3) is 0 Å². The first-order valence-corrected chi connectivity index (χ1v) is 5.29. The Labute approximate surface area is 99.4 Å². The molecule has 7 heteroatoms. The summed E-state index contributed by atoms with van der Waals surface area (Å²) in [6.45, 7) is -0.0488. The fourth-order valence-corrected chi connectivity index (χ4v) is 1.56. The van der Waals surface area contributed by atoms with E-state index in [-0.39, 0.29) is 24.8 Å². The Balaban J connectivity index is 2.57. The molecule has 0 aromatic rings. The zero-order valence-electron chi connectivity index (χ0n) is 9.61. The van der Waals surface area contributed by atoms with Gasteiger partial charge in [0.15, 0.2) is 0 Å². The number of carbonyl (C=O) groups is 1. The van der Waals surface area contributed by atoms with Gasteiger partial charge in [-0.3, -0.25) is 25.4 Å². The predicted molar refractivity (Wildman–Crippen MR) is 60.3 cm³/mol. The van der Waals surface area contributed by atoms with Crippen molar-refractivity contribution >= 4 is 12.2 Å². The quantitative estimate of drug-likeness (QED) is 0.261. The standard InChI is InChI=1S/C10H17N3O4/c1-11-9(12-16)4-5-13(7-15)10-3-2-8(6-14)17-10/h4-5,7-8,10,14,16H,2-3,6H2,1H3,(H,11,12)/b5-4-. The average Bonchev–Trinajstić information content (AvgIpc) is 2.83. The van der Waals surface area contributed by atoms with E-state index in [9.17, 15) is 4.79 Å². The summed E-state index contributed by atoms with van der Waals surface area (Å²) in [5.74, 6) is 0.230. The first kappa shape index (κ1) is 13.6. The third kappa shape index (κ3) is 3.81. The lowest BCUT2D eigenvalue weighted by molar-refractivity contribution is -0.127. The van der Waals surface area contributed by atoms with E-state index in [0.29, 0.717) is 19.3 Å². The third-order valence-electron chi connectivity index (χ3n) is 2.50. The minimum Gasteiger partial charge on any atom is -0.394 e. The van der Waals surface area contributed by atoms with Gasteiger partial charge in [-0.05, 0) is 18.9 Å². The van der Waals surface area contributed by atoms with Crippen LogP contribution < -0.4 is 5.48 Å². The summed E-state index contributed by atoms with van der Waals surface area (Å²) in [6, 6.07) is 0. The number of hydrogen-bond acceptors (Lipinski definition) is 5. The van der Waals surface area contributed by atoms with E-state index in [2.05, 4.69) is 4.99 Å². The van der Waals surface area contributed by atoms with Crippen molar-refractivity contribution in [1.82, 2.24) is 10.4 Å². The summed E-state index contributed by atoms with van der Waals surface area (Å²) >= 11 is 0. The number of amidine groups is 1. The van der Waals surface area contributed by atoms with Gasteiger partial charge in [-0.25, -0.2) is 0 Å². The number of nitrogens with zero attached hydrogens (tertiary/aromatic N) is 2. The first-order valence-electron chi connectivity index (χ1n) is 5.29. The molecule has 1 heterocycles. The van der Waals surface area contributed by atoms with Gasteiger partial charge in [-0.15, -0.1) is 0 Å². The van der Waals surface area contributed by atoms with Gasteiger partial charge in [0.05, 0.1) is 12.7 Å². The number of hydroxylamine groups is 1. The molecule has 0 radical (unpaired) electrons. The highest BCUT2D eigenvalue weighted by molar-refractivity contribution is 5.91. The number of aliphatic imine (C=N–C) groups is 1. The molecule has 1 aliphatic heterocycles. The van der Waals surface area contributed by atoms with Crippen LogP contribution in [-0.4, -0.2) is 53.4 Å². The van der Waals surface area contributed by atoms with Gasteiger partial charge in [0.2, 0.25) is 6.41 Å². The van der Waals surface area contributed by atoms with Crippen molar-refractivity contribution in [3.63, 3.8) is 0 Å². The second kappa shape index (κ2) is 7.00. The molecule has 1 fully saturated rings. The van der Waals surface area contributed by atoms with Crippen molar-refractivity contribution in [2.45, 2.75) is 25.2 Å². The first-order chi connectivity index (χ1) is 8.24. The van der Waals surface area contributed by atoms with Crippen molar-refractivity contribution in [3.8, 4) is 0 Å². The average molecular weight is 243 g/mol. The number of aliphatic hydroxyl groups excluding tert-OH is 1. The summed E-state index contributed by atoms with van der Waals surface area (Å²) in [7, 11) is 1.50. The Hall–Kier alpha value is -1.44. The van der Waals surface area contributed by atoms with Crippen molar-refractivity contribution in [2.75, 3.05) is 13.7 Å². The summed E-state index contributed by atoms with van der Waals surface area (Å²) in [5.41, 5.74) is 1.88. The molecule has 0 aromatic heterocycles. The molecule has 1 rings (SSSR count). The zero-order chi connectivity index (χ0) is 12.7. The van der Waals surface area contributed by atoms with Crippen LogP contribution >= 0.6 is 0 Å². The lowest BCUT2D eigenvalue weighted by atomic mass is 10.2. The molecular weight excluding hydrogens is 226 g/mol. The molecule has 3 N–H and O–H groups in total. The SMILES string of the molecule is CN=C(/C=C\N(C=O)C1CCC(CO)O1)NO. The normalized spacial score (nSPS) is 25.2. The van der Waals surface area contributed by atoms with E-state index in [1.54, 1.807) is 0 Å². The predicted octanol–water partition coefficient (Wildman–Crippen LogP) is -0.537. The minimum absolute atomic E-state index is 0.0488. The molecule has 1 aliphatic rings. The minimum atomic E-state index is -0.377. The van der Waals surface area contributed by atoms with Crippen LogP contribution in [0.15, 0.2) is 17.3 Å². The molecule has 1 saturated heterocycles. The molecule has 2 atom stereocenters. The maximum atomic E-state index is 10.9. The third-order valence-corrected chi connectivity index (χ3v) is 2.50. The van der Waals surface area contributed by atoms with Gasteiger partial charge in [0.25, 0.3) is 0 Å². The molecule has 1 amide bonds. The van der Waals surface area contributed by atoms with Crippen LogP contribution in [0.4, 0.5) is 0 Å². The van der Waals surface area contributed by atoms with E-state index < -0.39 is 0 Å². The highest BCUT2D eigenvalue weighted by Gasteiger charge is 2.27. The van der Waals surface area contributed by atoms with Crippen molar-refractivity contribution in [2.24, 2.45) is 4.99 Å². The molecule has 0 aliphatic carbocycles. The molecule has 0 bridgehead atoms. The molecule has 0 spiro atoms. The van der Waals surface area contributed by atoms with Gasteiger partial charge >= 0.3 is 0 Å². The maximum absolute atomic E-state index is 10.9. The fourth-order valence-electron chi connectivity index (χ4n) is 1.56. The molecule has 17 heavy (non-hydrogen) atoms. The Bertz CT molecular complexity index is 306. The zero-order valence-corrected chi connectivity index (χ0v) is 9.61. The molecular formula is C10H17N3O4. The highest BCUT2D eigenvalue weighted by atomic mass is 16.5. The number of hydrogen-bond donors (Lipinski definition) is 3. The van der Waals surface area contributed by atoms with Crippen molar-refractivity contribution in [1.29, 1.82) is 0 Å². The second-order valence-corrected chi connectivity index (χ2v) is 3.56. The van der Waals surface area contributed by atoms with Gasteiger partial charge in [0.1, 0.15) is 12.1 Å². The smallest absolute Gasteiger partial charge is 0.215 e. The number of carbonyl (C=O) groups excluding carboxylic acids is 1. The Morgan fingerprint density at radius 2 is 2.41 bits per heavy atom. The van der Waals surface area contributed by atoms with Crippen LogP contribution in [0.1, 0.15) is 12.8 Å². The summed E-state index contributed by atoms with van der Waals surface area (Å²) in [5, 5.41) is 17.6. The van der Waals surface area contributed by atoms with E-state index in [1.807, 2.05) is 5.48 Å². The van der Waals surface area contributed by atoms with Gasteiger partial charge < -0.3 is 9.84 Å². The molecule has 0 saturated carbocycles. The van der Waals surface area contributed by atoms with Crippen molar-refractivity contribution < 1.29 is 19.8 Å². The number of aliphatic hydroxyl groups is 1. The second-order valence-electron chi connectivity index (χ2n) is 3.56. The summed E-state index contributed by atoms with van der Waals surface area (Å²) in [4.78, 5) is 15.9. The van der Waals surface area contributed by atoms with E-state index in [1.165, 1.54) is 24.2 Å². The van der Waals surface area contributed by atoms with E-state index in [0.717, 1.165) is 0 Å². The lowest BCUT2D eigenvalue weighted by Crippen LogP contribution is -2.31. The molecule has 7 nitrogen and oxygen atoms in total. The molecule has 2 unspecified atom stereocenters. The number of nitrogens with one attached hydrogen (secondary N) is 1. The lowest BCUT2D eigenvalue weighted by Gasteiger charge is -2.20. The number of amides is 1. The Kier molecular flexibility index (Phi) is 5.61. The molecule has 0 aromatic carbocycles. The molecule has 96 valence electrons. The fraction of sp³-hybridized carbons (Fsp3) is 0.600. The van der Waals surface area contributed by atoms with Crippen LogP contribution in [0.5, 0.6) is 0 Å². The number of rotatable bonds is 5. The van der Waals surface area contributed by atoms with Crippen LogP contribution in [0.3, 0.4) is 0 Å².